The first-order valence-electron chi connectivity index (χ1n) is 9.62. The molecule has 128 valence electrons. The lowest BCUT2D eigenvalue weighted by molar-refractivity contribution is -0.0339. The molecule has 0 aliphatic heterocycles. The summed E-state index contributed by atoms with van der Waals surface area (Å²) in [5.41, 5.74) is 3.38. The average molecular weight is 316 g/mol. The molecule has 2 nitrogen and oxygen atoms in total. The highest BCUT2D eigenvalue weighted by molar-refractivity contribution is 5.31. The third kappa shape index (κ3) is 2.14. The second-order valence-electron chi connectivity index (χ2n) is 9.18. The van der Waals surface area contributed by atoms with Gasteiger partial charge in [0.05, 0.1) is 12.2 Å². The van der Waals surface area contributed by atoms with Crippen LogP contribution in [0.4, 0.5) is 0 Å². The summed E-state index contributed by atoms with van der Waals surface area (Å²) in [5, 5.41) is 20.3. The highest BCUT2D eigenvalue weighted by Gasteiger charge is 2.56. The van der Waals surface area contributed by atoms with Crippen molar-refractivity contribution in [3.8, 4) is 0 Å². The van der Waals surface area contributed by atoms with E-state index in [0.717, 1.165) is 37.5 Å². The molecule has 4 aliphatic rings. The molecule has 7 atom stereocenters. The summed E-state index contributed by atoms with van der Waals surface area (Å²) in [5.74, 6) is 2.23. The maximum Gasteiger partial charge on any atom is 0.0727 e. The number of hydrogen-bond donors (Lipinski definition) is 2. The van der Waals surface area contributed by atoms with Crippen LogP contribution in [0.1, 0.15) is 65.7 Å². The first kappa shape index (κ1) is 15.9. The molecular weight excluding hydrogens is 284 g/mol. The Kier molecular flexibility index (Phi) is 3.59. The first-order chi connectivity index (χ1) is 10.9. The number of hydrogen-bond acceptors (Lipinski definition) is 2. The molecule has 0 aromatic heterocycles. The SMILES string of the molecule is CC(O)C1=CCC2C3CC=C4C[C@@H](O)CC[C@]4(C)C3CC[C@]12C. The number of aliphatic hydroxyl groups excluding tert-OH is 2. The Morgan fingerprint density at radius 1 is 1.04 bits per heavy atom. The van der Waals surface area contributed by atoms with Gasteiger partial charge in [-0.25, -0.2) is 0 Å². The van der Waals surface area contributed by atoms with Gasteiger partial charge >= 0.3 is 0 Å². The van der Waals surface area contributed by atoms with Gasteiger partial charge in [-0.05, 0) is 86.0 Å². The van der Waals surface area contributed by atoms with Gasteiger partial charge in [-0.2, -0.15) is 0 Å². The van der Waals surface area contributed by atoms with Crippen LogP contribution in [0.3, 0.4) is 0 Å². The largest absolute Gasteiger partial charge is 0.393 e. The predicted octanol–water partition coefficient (Wildman–Crippen LogP) is 4.23. The van der Waals surface area contributed by atoms with E-state index in [-0.39, 0.29) is 17.6 Å². The van der Waals surface area contributed by atoms with Crippen molar-refractivity contribution in [3.63, 3.8) is 0 Å². The van der Waals surface area contributed by atoms with E-state index in [4.69, 9.17) is 0 Å². The standard InChI is InChI=1S/C21H32O2/c1-13(22)17-6-7-18-16-5-4-14-12-15(23)8-10-20(14,2)19(16)9-11-21(17,18)3/h4,6,13,15-16,18-19,22-23H,5,7-12H2,1-3H3/t13?,15-,16?,18?,19?,20-,21+/m0/s1. The lowest BCUT2D eigenvalue weighted by Crippen LogP contribution is -2.50. The van der Waals surface area contributed by atoms with E-state index in [1.807, 2.05) is 6.92 Å². The van der Waals surface area contributed by atoms with Crippen molar-refractivity contribution in [1.82, 2.24) is 0 Å². The fraction of sp³-hybridized carbons (Fsp3) is 0.810. The molecule has 2 fully saturated rings. The molecule has 0 saturated heterocycles. The Morgan fingerprint density at radius 2 is 1.78 bits per heavy atom. The molecule has 2 N–H and O–H groups in total. The van der Waals surface area contributed by atoms with Gasteiger partial charge in [-0.3, -0.25) is 0 Å². The number of allylic oxidation sites excluding steroid dienone is 2. The Morgan fingerprint density at radius 3 is 2.52 bits per heavy atom. The Hall–Kier alpha value is -0.600. The molecule has 0 amide bonds. The normalized spacial score (nSPS) is 50.3. The zero-order valence-electron chi connectivity index (χ0n) is 14.9. The van der Waals surface area contributed by atoms with Crippen LogP contribution in [0.2, 0.25) is 0 Å². The van der Waals surface area contributed by atoms with E-state index in [1.165, 1.54) is 24.8 Å². The van der Waals surface area contributed by atoms with Crippen LogP contribution in [0.15, 0.2) is 23.3 Å². The van der Waals surface area contributed by atoms with Gasteiger partial charge in [0, 0.05) is 0 Å². The summed E-state index contributed by atoms with van der Waals surface area (Å²) in [7, 11) is 0. The van der Waals surface area contributed by atoms with Crippen molar-refractivity contribution >= 4 is 0 Å². The Bertz CT molecular complexity index is 560. The molecule has 4 unspecified atom stereocenters. The van der Waals surface area contributed by atoms with Crippen LogP contribution in [0, 0.1) is 28.6 Å². The minimum atomic E-state index is -0.295. The minimum Gasteiger partial charge on any atom is -0.393 e. The highest BCUT2D eigenvalue weighted by Crippen LogP contribution is 2.65. The van der Waals surface area contributed by atoms with Gasteiger partial charge in [0.2, 0.25) is 0 Å². The van der Waals surface area contributed by atoms with Crippen molar-refractivity contribution in [2.45, 2.75) is 77.9 Å². The molecule has 0 radical (unpaired) electrons. The molecule has 0 aromatic carbocycles. The fourth-order valence-corrected chi connectivity index (χ4v) is 6.89. The molecule has 0 aromatic rings. The lowest BCUT2D eigenvalue weighted by atomic mass is 9.47. The lowest BCUT2D eigenvalue weighted by Gasteiger charge is -2.58. The zero-order valence-corrected chi connectivity index (χ0v) is 14.9. The van der Waals surface area contributed by atoms with Crippen LogP contribution in [-0.2, 0) is 0 Å². The molecule has 0 spiro atoms. The molecule has 23 heavy (non-hydrogen) atoms. The van der Waals surface area contributed by atoms with Gasteiger partial charge in [0.1, 0.15) is 0 Å². The average Bonchev–Trinajstić information content (AvgIpc) is 2.85. The summed E-state index contributed by atoms with van der Waals surface area (Å²) < 4.78 is 0. The van der Waals surface area contributed by atoms with Gasteiger partial charge in [-0.15, -0.1) is 0 Å². The van der Waals surface area contributed by atoms with E-state index in [1.54, 1.807) is 5.57 Å². The minimum absolute atomic E-state index is 0.116. The van der Waals surface area contributed by atoms with Crippen LogP contribution in [0.25, 0.3) is 0 Å². The third-order valence-corrected chi connectivity index (χ3v) is 8.17. The van der Waals surface area contributed by atoms with Crippen LogP contribution in [-0.4, -0.2) is 22.4 Å². The Labute approximate surface area is 140 Å². The van der Waals surface area contributed by atoms with Crippen LogP contribution < -0.4 is 0 Å². The molecule has 0 bridgehead atoms. The zero-order chi connectivity index (χ0) is 16.4. The van der Waals surface area contributed by atoms with Gasteiger partial charge in [-0.1, -0.05) is 31.6 Å². The van der Waals surface area contributed by atoms with Crippen LogP contribution in [0.5, 0.6) is 0 Å². The molecule has 4 rings (SSSR count). The molecular formula is C21H32O2. The van der Waals surface area contributed by atoms with E-state index >= 15 is 0 Å². The van der Waals surface area contributed by atoms with Gasteiger partial charge < -0.3 is 10.2 Å². The van der Waals surface area contributed by atoms with Crippen LogP contribution >= 0.6 is 0 Å². The van der Waals surface area contributed by atoms with Crippen molar-refractivity contribution < 1.29 is 10.2 Å². The summed E-state index contributed by atoms with van der Waals surface area (Å²) in [6.45, 7) is 6.82. The molecule has 2 heteroatoms. The second-order valence-corrected chi connectivity index (χ2v) is 9.18. The number of aliphatic hydroxyl groups is 2. The van der Waals surface area contributed by atoms with E-state index in [2.05, 4.69) is 26.0 Å². The smallest absolute Gasteiger partial charge is 0.0727 e. The molecule has 0 heterocycles. The quantitative estimate of drug-likeness (QED) is 0.711. The summed E-state index contributed by atoms with van der Waals surface area (Å²) in [6, 6.07) is 0. The Balaban J connectivity index is 1.66. The van der Waals surface area contributed by atoms with Crippen molar-refractivity contribution in [3.05, 3.63) is 23.3 Å². The second kappa shape index (κ2) is 5.20. The topological polar surface area (TPSA) is 40.5 Å². The summed E-state index contributed by atoms with van der Waals surface area (Å²) >= 11 is 0. The first-order valence-corrected chi connectivity index (χ1v) is 9.62. The van der Waals surface area contributed by atoms with Gasteiger partial charge in [0.15, 0.2) is 0 Å². The van der Waals surface area contributed by atoms with Gasteiger partial charge in [0.25, 0.3) is 0 Å². The monoisotopic (exact) mass is 316 g/mol. The van der Waals surface area contributed by atoms with Crippen molar-refractivity contribution in [1.29, 1.82) is 0 Å². The van der Waals surface area contributed by atoms with E-state index in [9.17, 15) is 10.2 Å². The third-order valence-electron chi connectivity index (χ3n) is 8.17. The van der Waals surface area contributed by atoms with E-state index < -0.39 is 0 Å². The highest BCUT2D eigenvalue weighted by atomic mass is 16.3. The summed E-state index contributed by atoms with van der Waals surface area (Å²) in [6.07, 6.45) is 12.3. The fourth-order valence-electron chi connectivity index (χ4n) is 6.89. The number of rotatable bonds is 1. The molecule has 2 saturated carbocycles. The predicted molar refractivity (Wildman–Crippen MR) is 92.9 cm³/mol. The summed E-state index contributed by atoms with van der Waals surface area (Å²) in [4.78, 5) is 0. The van der Waals surface area contributed by atoms with Crippen molar-refractivity contribution in [2.75, 3.05) is 0 Å². The van der Waals surface area contributed by atoms with E-state index in [0.29, 0.717) is 11.3 Å². The number of fused-ring (bicyclic) bond motifs is 5. The maximum atomic E-state index is 10.2. The molecule has 4 aliphatic carbocycles. The maximum absolute atomic E-state index is 10.2. The van der Waals surface area contributed by atoms with Crippen molar-refractivity contribution in [2.24, 2.45) is 28.6 Å².